The minimum Gasteiger partial charge on any atom is -0.381 e. The van der Waals surface area contributed by atoms with Gasteiger partial charge in [0.05, 0.1) is 11.7 Å². The molecule has 3 heterocycles. The molecule has 0 aliphatic carbocycles. The Balaban J connectivity index is 1.88. The van der Waals surface area contributed by atoms with Crippen molar-refractivity contribution in [3.05, 3.63) is 39.9 Å². The van der Waals surface area contributed by atoms with Crippen LogP contribution in [0.3, 0.4) is 0 Å². The summed E-state index contributed by atoms with van der Waals surface area (Å²) < 4.78 is 10.4. The summed E-state index contributed by atoms with van der Waals surface area (Å²) in [6.07, 6.45) is 3.03. The molecule has 1 amide bonds. The Kier molecular flexibility index (Phi) is 3.58. The van der Waals surface area contributed by atoms with Crippen molar-refractivity contribution in [2.75, 3.05) is 13.2 Å². The number of hydrogen-bond donors (Lipinski definition) is 1. The van der Waals surface area contributed by atoms with Gasteiger partial charge in [0.25, 0.3) is 5.91 Å². The van der Waals surface area contributed by atoms with Crippen LogP contribution in [0.5, 0.6) is 0 Å². The zero-order valence-electron chi connectivity index (χ0n) is 11.2. The first kappa shape index (κ1) is 13.3. The number of carbonyl (C=O) groups is 1. The van der Waals surface area contributed by atoms with E-state index in [2.05, 4.69) is 16.5 Å². The Morgan fingerprint density at radius 2 is 2.25 bits per heavy atom. The molecule has 0 spiro atoms. The lowest BCUT2D eigenvalue weighted by Gasteiger charge is -2.37. The molecule has 0 saturated carbocycles. The van der Waals surface area contributed by atoms with Crippen molar-refractivity contribution >= 4 is 17.2 Å². The Morgan fingerprint density at radius 3 is 2.85 bits per heavy atom. The van der Waals surface area contributed by atoms with E-state index in [1.807, 2.05) is 11.4 Å². The summed E-state index contributed by atoms with van der Waals surface area (Å²) in [6, 6.07) is 4.07. The summed E-state index contributed by atoms with van der Waals surface area (Å²) in [4.78, 5) is 13.6. The molecule has 1 aliphatic heterocycles. The maximum atomic E-state index is 12.4. The van der Waals surface area contributed by atoms with Crippen LogP contribution in [0.25, 0.3) is 0 Å². The molecule has 0 radical (unpaired) electrons. The molecular weight excluding hydrogens is 276 g/mol. The molecule has 2 aromatic heterocycles. The molecule has 106 valence electrons. The Morgan fingerprint density at radius 1 is 1.45 bits per heavy atom. The number of nitrogens with zero attached hydrogens (tertiary/aromatic N) is 1. The zero-order valence-corrected chi connectivity index (χ0v) is 12.0. The van der Waals surface area contributed by atoms with Crippen LogP contribution in [0, 0.1) is 6.92 Å². The standard InChI is InChI=1S/C14H16N2O3S/c1-10-11(9-15-19-10)13(17)16-14(4-6-18-7-5-14)12-3-2-8-20-12/h2-3,8-9H,4-7H2,1H3,(H,16,17). The fourth-order valence-corrected chi connectivity index (χ4v) is 3.45. The maximum Gasteiger partial charge on any atom is 0.257 e. The summed E-state index contributed by atoms with van der Waals surface area (Å²) >= 11 is 1.66. The number of rotatable bonds is 3. The van der Waals surface area contributed by atoms with E-state index in [4.69, 9.17) is 9.26 Å². The predicted octanol–water partition coefficient (Wildman–Crippen LogP) is 2.48. The van der Waals surface area contributed by atoms with E-state index in [-0.39, 0.29) is 11.4 Å². The van der Waals surface area contributed by atoms with Gasteiger partial charge in [-0.3, -0.25) is 4.79 Å². The number of ether oxygens (including phenoxy) is 1. The molecule has 0 unspecified atom stereocenters. The van der Waals surface area contributed by atoms with Gasteiger partial charge >= 0.3 is 0 Å². The molecule has 6 heteroatoms. The smallest absolute Gasteiger partial charge is 0.257 e. The van der Waals surface area contributed by atoms with Gasteiger partial charge in [0, 0.05) is 18.1 Å². The number of nitrogens with one attached hydrogen (secondary N) is 1. The van der Waals surface area contributed by atoms with Crippen molar-refractivity contribution in [2.45, 2.75) is 25.3 Å². The SMILES string of the molecule is Cc1oncc1C(=O)NC1(c2cccs2)CCOCC1. The molecule has 0 bridgehead atoms. The summed E-state index contributed by atoms with van der Waals surface area (Å²) in [5, 5.41) is 8.86. The molecule has 1 N–H and O–H groups in total. The van der Waals surface area contributed by atoms with Gasteiger partial charge in [-0.05, 0) is 31.2 Å². The third kappa shape index (κ3) is 2.36. The predicted molar refractivity (Wildman–Crippen MR) is 74.8 cm³/mol. The van der Waals surface area contributed by atoms with Crippen molar-refractivity contribution in [1.82, 2.24) is 10.5 Å². The van der Waals surface area contributed by atoms with E-state index < -0.39 is 0 Å². The number of thiophene rings is 1. The number of carbonyl (C=O) groups excluding carboxylic acids is 1. The number of aryl methyl sites for hydroxylation is 1. The van der Waals surface area contributed by atoms with Crippen LogP contribution >= 0.6 is 11.3 Å². The highest BCUT2D eigenvalue weighted by atomic mass is 32.1. The molecule has 3 rings (SSSR count). The van der Waals surface area contributed by atoms with Gasteiger partial charge < -0.3 is 14.6 Å². The maximum absolute atomic E-state index is 12.4. The van der Waals surface area contributed by atoms with Gasteiger partial charge in [0.2, 0.25) is 0 Å². The van der Waals surface area contributed by atoms with Gasteiger partial charge in [-0.15, -0.1) is 11.3 Å². The first-order chi connectivity index (χ1) is 9.71. The molecule has 0 aromatic carbocycles. The second-order valence-electron chi connectivity index (χ2n) is 4.92. The molecule has 20 heavy (non-hydrogen) atoms. The van der Waals surface area contributed by atoms with E-state index in [1.165, 1.54) is 11.1 Å². The lowest BCUT2D eigenvalue weighted by Crippen LogP contribution is -2.49. The first-order valence-corrected chi connectivity index (χ1v) is 7.45. The lowest BCUT2D eigenvalue weighted by molar-refractivity contribution is 0.0357. The minimum atomic E-state index is -0.340. The molecule has 1 fully saturated rings. The van der Waals surface area contributed by atoms with Crippen LogP contribution in [-0.2, 0) is 10.3 Å². The Labute approximate surface area is 120 Å². The third-order valence-corrected chi connectivity index (χ3v) is 4.76. The summed E-state index contributed by atoms with van der Waals surface area (Å²) in [6.45, 7) is 3.05. The fraction of sp³-hybridized carbons (Fsp3) is 0.429. The number of aromatic nitrogens is 1. The van der Waals surface area contributed by atoms with E-state index in [0.717, 1.165) is 12.8 Å². The van der Waals surface area contributed by atoms with Gasteiger partial charge in [-0.2, -0.15) is 0 Å². The average Bonchev–Trinajstić information content (AvgIpc) is 3.10. The molecule has 2 aromatic rings. The third-order valence-electron chi connectivity index (χ3n) is 3.69. The van der Waals surface area contributed by atoms with Crippen LogP contribution in [0.2, 0.25) is 0 Å². The minimum absolute atomic E-state index is 0.140. The quantitative estimate of drug-likeness (QED) is 0.944. The highest BCUT2D eigenvalue weighted by Gasteiger charge is 2.37. The van der Waals surface area contributed by atoms with E-state index in [9.17, 15) is 4.79 Å². The van der Waals surface area contributed by atoms with Crippen LogP contribution in [0.4, 0.5) is 0 Å². The first-order valence-electron chi connectivity index (χ1n) is 6.57. The number of hydrogen-bond acceptors (Lipinski definition) is 5. The van der Waals surface area contributed by atoms with Gasteiger partial charge in [0.15, 0.2) is 0 Å². The van der Waals surface area contributed by atoms with Crippen molar-refractivity contribution in [3.63, 3.8) is 0 Å². The largest absolute Gasteiger partial charge is 0.381 e. The number of amides is 1. The fourth-order valence-electron chi connectivity index (χ4n) is 2.51. The second-order valence-corrected chi connectivity index (χ2v) is 5.87. The topological polar surface area (TPSA) is 64.4 Å². The van der Waals surface area contributed by atoms with E-state index in [0.29, 0.717) is 24.5 Å². The Bertz CT molecular complexity index is 585. The monoisotopic (exact) mass is 292 g/mol. The van der Waals surface area contributed by atoms with Crippen LogP contribution in [0.15, 0.2) is 28.2 Å². The normalized spacial score (nSPS) is 17.9. The molecule has 1 saturated heterocycles. The van der Waals surface area contributed by atoms with Crippen LogP contribution in [-0.4, -0.2) is 24.3 Å². The lowest BCUT2D eigenvalue weighted by atomic mass is 9.88. The Hall–Kier alpha value is -1.66. The van der Waals surface area contributed by atoms with E-state index >= 15 is 0 Å². The summed E-state index contributed by atoms with van der Waals surface area (Å²) in [7, 11) is 0. The van der Waals surface area contributed by atoms with Gasteiger partial charge in [-0.1, -0.05) is 11.2 Å². The zero-order chi connectivity index (χ0) is 14.0. The molecular formula is C14H16N2O3S. The van der Waals surface area contributed by atoms with E-state index in [1.54, 1.807) is 18.3 Å². The molecule has 0 atom stereocenters. The van der Waals surface area contributed by atoms with Gasteiger partial charge in [-0.25, -0.2) is 0 Å². The van der Waals surface area contributed by atoms with Crippen molar-refractivity contribution in [1.29, 1.82) is 0 Å². The van der Waals surface area contributed by atoms with Crippen molar-refractivity contribution in [2.24, 2.45) is 0 Å². The summed E-state index contributed by atoms with van der Waals surface area (Å²) in [5.74, 6) is 0.398. The molecule has 1 aliphatic rings. The van der Waals surface area contributed by atoms with Crippen LogP contribution < -0.4 is 5.32 Å². The highest BCUT2D eigenvalue weighted by Crippen LogP contribution is 2.35. The van der Waals surface area contributed by atoms with Crippen molar-refractivity contribution < 1.29 is 14.1 Å². The second kappa shape index (κ2) is 5.38. The van der Waals surface area contributed by atoms with Crippen molar-refractivity contribution in [3.8, 4) is 0 Å². The average molecular weight is 292 g/mol. The molecule has 5 nitrogen and oxygen atoms in total. The van der Waals surface area contributed by atoms with Crippen LogP contribution in [0.1, 0.15) is 33.8 Å². The van der Waals surface area contributed by atoms with Gasteiger partial charge in [0.1, 0.15) is 11.3 Å². The highest BCUT2D eigenvalue weighted by molar-refractivity contribution is 7.10. The summed E-state index contributed by atoms with van der Waals surface area (Å²) in [5.41, 5.74) is 0.153.